The van der Waals surface area contributed by atoms with Gasteiger partial charge in [0.05, 0.1) is 4.90 Å². The van der Waals surface area contributed by atoms with Gasteiger partial charge in [0.15, 0.2) is 0 Å². The smallest absolute Gasteiger partial charge is 0.235 e. The van der Waals surface area contributed by atoms with Gasteiger partial charge in [-0.05, 0) is 38.1 Å². The maximum atomic E-state index is 10.4. The number of rotatable bonds is 2. The van der Waals surface area contributed by atoms with Crippen LogP contribution in [-0.2, 0) is 16.7 Å². The number of halogens is 1. The average Bonchev–Trinajstić information content (AvgIpc) is 2.82. The molecule has 0 aliphatic carbocycles. The molecule has 0 amide bonds. The summed E-state index contributed by atoms with van der Waals surface area (Å²) >= 11 is 7.76. The molecule has 0 aliphatic heterocycles. The minimum Gasteiger partial charge on any atom is -0.744 e. The molecule has 0 unspecified atom stereocenters. The van der Waals surface area contributed by atoms with Crippen molar-refractivity contribution < 1.29 is 17.5 Å². The van der Waals surface area contributed by atoms with E-state index in [0.717, 1.165) is 17.1 Å². The Balaban J connectivity index is 0.000000177. The highest BCUT2D eigenvalue weighted by Crippen LogP contribution is 2.22. The number of nitrogens with zero attached hydrogens (tertiary/aromatic N) is 1. The number of hydrogen-bond donors (Lipinski definition) is 0. The van der Waals surface area contributed by atoms with Crippen LogP contribution in [0.4, 0.5) is 0 Å². The van der Waals surface area contributed by atoms with Crippen LogP contribution >= 0.6 is 22.9 Å². The summed E-state index contributed by atoms with van der Waals surface area (Å²) in [6, 6.07) is 11.8. The van der Waals surface area contributed by atoms with Gasteiger partial charge < -0.3 is 4.55 Å². The van der Waals surface area contributed by atoms with E-state index in [1.807, 2.05) is 30.4 Å². The summed E-state index contributed by atoms with van der Waals surface area (Å²) in [7, 11) is -4.27. The standard InChI is InChI=1S/C10H11ClNS.C7H8O3S/c1-3-12-7(2)13-10-5-4-8(11)6-9(10)12;1-6-2-4-7(5-3-6)11(8,9)10/h4-6H,3H2,1-2H3;2-5H,1H3,(H,8,9,10)/q+1;/p-1. The predicted molar refractivity (Wildman–Crippen MR) is 96.6 cm³/mol. The molecule has 128 valence electrons. The SMILES string of the molecule is CC[n+]1c(C)sc2ccc(Cl)cc21.Cc1ccc(S(=O)(=O)[O-])cc1. The highest BCUT2D eigenvalue weighted by molar-refractivity contribution is 7.85. The highest BCUT2D eigenvalue weighted by Gasteiger charge is 2.14. The van der Waals surface area contributed by atoms with Gasteiger partial charge in [-0.1, -0.05) is 40.6 Å². The lowest BCUT2D eigenvalue weighted by atomic mass is 10.2. The lowest BCUT2D eigenvalue weighted by molar-refractivity contribution is -0.669. The first-order valence-electron chi connectivity index (χ1n) is 7.33. The van der Waals surface area contributed by atoms with Crippen molar-refractivity contribution in [3.63, 3.8) is 0 Å². The fourth-order valence-corrected chi connectivity index (χ4v) is 3.97. The molecule has 0 aliphatic rings. The molecule has 0 N–H and O–H groups in total. The van der Waals surface area contributed by atoms with Gasteiger partial charge in [-0.25, -0.2) is 8.42 Å². The molecule has 0 radical (unpaired) electrons. The van der Waals surface area contributed by atoms with Crippen molar-refractivity contribution in [3.8, 4) is 0 Å². The molecule has 0 saturated carbocycles. The molecule has 0 atom stereocenters. The Morgan fingerprint density at radius 3 is 2.29 bits per heavy atom. The Hall–Kier alpha value is -1.47. The van der Waals surface area contributed by atoms with E-state index >= 15 is 0 Å². The van der Waals surface area contributed by atoms with Crippen molar-refractivity contribution in [1.82, 2.24) is 0 Å². The molecule has 0 spiro atoms. The van der Waals surface area contributed by atoms with Crippen LogP contribution in [0.2, 0.25) is 5.02 Å². The first-order chi connectivity index (χ1) is 11.2. The second-order valence-corrected chi connectivity index (χ2v) is 8.30. The topological polar surface area (TPSA) is 61.1 Å². The first-order valence-corrected chi connectivity index (χ1v) is 9.93. The van der Waals surface area contributed by atoms with Crippen molar-refractivity contribution in [3.05, 3.63) is 58.1 Å². The van der Waals surface area contributed by atoms with Gasteiger partial charge in [-0.15, -0.1) is 0 Å². The molecule has 1 heterocycles. The van der Waals surface area contributed by atoms with E-state index in [2.05, 4.69) is 24.5 Å². The number of aromatic nitrogens is 1. The number of fused-ring (bicyclic) bond motifs is 1. The zero-order valence-corrected chi connectivity index (χ0v) is 16.0. The Kier molecular flexibility index (Phi) is 5.98. The highest BCUT2D eigenvalue weighted by atomic mass is 35.5. The maximum absolute atomic E-state index is 10.4. The van der Waals surface area contributed by atoms with Gasteiger partial charge in [0, 0.05) is 18.0 Å². The van der Waals surface area contributed by atoms with Crippen molar-refractivity contribution in [1.29, 1.82) is 0 Å². The van der Waals surface area contributed by atoms with Crippen LogP contribution < -0.4 is 4.57 Å². The summed E-state index contributed by atoms with van der Waals surface area (Å²) in [5, 5.41) is 2.15. The second kappa shape index (κ2) is 7.61. The lowest BCUT2D eigenvalue weighted by Gasteiger charge is -2.05. The summed E-state index contributed by atoms with van der Waals surface area (Å²) in [5.74, 6) is 0. The molecule has 3 rings (SSSR count). The molecule has 2 aromatic carbocycles. The first kappa shape index (κ1) is 18.9. The van der Waals surface area contributed by atoms with Crippen molar-refractivity contribution in [2.75, 3.05) is 0 Å². The molecular weight excluding hydrogens is 366 g/mol. The van der Waals surface area contributed by atoms with Crippen LogP contribution in [0, 0.1) is 13.8 Å². The fourth-order valence-electron chi connectivity index (χ4n) is 2.27. The van der Waals surface area contributed by atoms with E-state index in [9.17, 15) is 13.0 Å². The summed E-state index contributed by atoms with van der Waals surface area (Å²) in [5.41, 5.74) is 2.18. The minimum atomic E-state index is -4.27. The zero-order chi connectivity index (χ0) is 17.9. The molecule has 7 heteroatoms. The Morgan fingerprint density at radius 1 is 1.12 bits per heavy atom. The molecule has 0 bridgehead atoms. The number of aryl methyl sites for hydroxylation is 3. The third-order valence-electron chi connectivity index (χ3n) is 3.48. The van der Waals surface area contributed by atoms with Crippen molar-refractivity contribution in [2.24, 2.45) is 0 Å². The summed E-state index contributed by atoms with van der Waals surface area (Å²) in [6.07, 6.45) is 0. The molecule has 1 aromatic heterocycles. The van der Waals surface area contributed by atoms with Gasteiger partial charge in [0.25, 0.3) is 0 Å². The van der Waals surface area contributed by atoms with E-state index in [-0.39, 0.29) is 4.90 Å². The lowest BCUT2D eigenvalue weighted by Crippen LogP contribution is -2.33. The molecule has 24 heavy (non-hydrogen) atoms. The van der Waals surface area contributed by atoms with Crippen LogP contribution in [0.1, 0.15) is 17.5 Å². The Bertz CT molecular complexity index is 948. The molecule has 3 aromatic rings. The minimum absolute atomic E-state index is 0.178. The van der Waals surface area contributed by atoms with E-state index in [0.29, 0.717) is 0 Å². The van der Waals surface area contributed by atoms with E-state index < -0.39 is 10.1 Å². The molecule has 0 fully saturated rings. The Morgan fingerprint density at radius 2 is 1.75 bits per heavy atom. The van der Waals surface area contributed by atoms with Crippen LogP contribution in [0.15, 0.2) is 47.4 Å². The van der Waals surface area contributed by atoms with Crippen LogP contribution in [0.25, 0.3) is 10.2 Å². The van der Waals surface area contributed by atoms with Gasteiger partial charge in [0.1, 0.15) is 21.4 Å². The van der Waals surface area contributed by atoms with Crippen molar-refractivity contribution in [2.45, 2.75) is 32.2 Å². The van der Waals surface area contributed by atoms with Crippen molar-refractivity contribution >= 4 is 43.3 Å². The number of hydrogen-bond acceptors (Lipinski definition) is 4. The monoisotopic (exact) mass is 383 g/mol. The zero-order valence-electron chi connectivity index (χ0n) is 13.6. The van der Waals surface area contributed by atoms with Crippen LogP contribution in [0.3, 0.4) is 0 Å². The second-order valence-electron chi connectivity index (χ2n) is 5.24. The summed E-state index contributed by atoms with van der Waals surface area (Å²) in [6.45, 7) is 7.12. The van der Waals surface area contributed by atoms with Crippen LogP contribution in [-0.4, -0.2) is 13.0 Å². The quantitative estimate of drug-likeness (QED) is 0.495. The molecule has 4 nitrogen and oxygen atoms in total. The van der Waals surface area contributed by atoms with E-state index in [1.165, 1.54) is 27.4 Å². The van der Waals surface area contributed by atoms with Gasteiger partial charge in [0.2, 0.25) is 10.5 Å². The van der Waals surface area contributed by atoms with Gasteiger partial charge in [-0.3, -0.25) is 0 Å². The molecular formula is C17H18ClNO3S2. The largest absolute Gasteiger partial charge is 0.744 e. The third kappa shape index (κ3) is 4.54. The average molecular weight is 384 g/mol. The summed E-state index contributed by atoms with van der Waals surface area (Å²) < 4.78 is 34.8. The molecule has 0 saturated heterocycles. The normalized spacial score (nSPS) is 11.2. The van der Waals surface area contributed by atoms with Crippen LogP contribution in [0.5, 0.6) is 0 Å². The van der Waals surface area contributed by atoms with Gasteiger partial charge >= 0.3 is 0 Å². The number of benzene rings is 2. The number of thiazole rings is 1. The Labute approximate surface area is 151 Å². The van der Waals surface area contributed by atoms with Gasteiger partial charge in [-0.2, -0.15) is 4.57 Å². The van der Waals surface area contributed by atoms with E-state index in [4.69, 9.17) is 11.6 Å². The predicted octanol–water partition coefficient (Wildman–Crippen LogP) is 4.07. The van der Waals surface area contributed by atoms with E-state index in [1.54, 1.807) is 12.1 Å². The summed E-state index contributed by atoms with van der Waals surface area (Å²) in [4.78, 5) is -0.178. The fraction of sp³-hybridized carbons (Fsp3) is 0.235. The third-order valence-corrected chi connectivity index (χ3v) is 5.64. The maximum Gasteiger partial charge on any atom is 0.235 e.